The molecule has 0 fully saturated rings. The molecule has 4 heteroatoms. The van der Waals surface area contributed by atoms with E-state index in [0.717, 1.165) is 6.08 Å². The van der Waals surface area contributed by atoms with Gasteiger partial charge in [0.05, 0.1) is 6.10 Å². The van der Waals surface area contributed by atoms with E-state index in [-0.39, 0.29) is 12.0 Å². The Balaban J connectivity index is 2.85. The highest BCUT2D eigenvalue weighted by Crippen LogP contribution is 2.13. The van der Waals surface area contributed by atoms with Crippen LogP contribution >= 0.6 is 0 Å². The van der Waals surface area contributed by atoms with Crippen molar-refractivity contribution in [2.45, 2.75) is 12.5 Å². The molecule has 1 unspecified atom stereocenters. The van der Waals surface area contributed by atoms with Crippen molar-refractivity contribution in [2.75, 3.05) is 0 Å². The van der Waals surface area contributed by atoms with Gasteiger partial charge in [0.1, 0.15) is 5.57 Å². The predicted molar refractivity (Wildman–Crippen MR) is 31.3 cm³/mol. The van der Waals surface area contributed by atoms with Gasteiger partial charge in [-0.1, -0.05) is 0 Å². The summed E-state index contributed by atoms with van der Waals surface area (Å²) in [5, 5.41) is 17.1. The van der Waals surface area contributed by atoms with E-state index in [4.69, 9.17) is 10.2 Å². The molecule has 1 atom stereocenters. The normalized spacial score (nSPS) is 24.7. The van der Waals surface area contributed by atoms with Crippen LogP contribution in [0.2, 0.25) is 0 Å². The second-order valence-corrected chi connectivity index (χ2v) is 2.08. The van der Waals surface area contributed by atoms with Crippen LogP contribution in [0.25, 0.3) is 0 Å². The zero-order valence-electron chi connectivity index (χ0n) is 5.07. The van der Waals surface area contributed by atoms with Gasteiger partial charge in [-0.2, -0.15) is 0 Å². The van der Waals surface area contributed by atoms with Gasteiger partial charge >= 0.3 is 5.97 Å². The summed E-state index contributed by atoms with van der Waals surface area (Å²) in [6.45, 7) is 0. The number of Topliss-reactive ketones (excluding diaryl/α,β-unsaturated/α-hetero) is 1. The number of aliphatic carboxylic acids is 1. The number of carbonyl (C=O) groups excluding carboxylic acids is 1. The number of carbonyl (C=O) groups is 2. The SMILES string of the molecule is O=C(O)C1=CC(O)CC1=O. The number of hydrogen-bond donors (Lipinski definition) is 2. The molecule has 0 saturated carbocycles. The van der Waals surface area contributed by atoms with Crippen molar-refractivity contribution in [3.8, 4) is 0 Å². The summed E-state index contributed by atoms with van der Waals surface area (Å²) in [7, 11) is 0. The molecule has 0 heterocycles. The van der Waals surface area contributed by atoms with Gasteiger partial charge in [0, 0.05) is 6.42 Å². The molecule has 0 aliphatic heterocycles. The standard InChI is InChI=1S/C6H6O4/c7-3-1-4(6(9)10)5(8)2-3/h1,3,7H,2H2,(H,9,10). The van der Waals surface area contributed by atoms with Crippen LogP contribution in [0.1, 0.15) is 6.42 Å². The minimum Gasteiger partial charge on any atom is -0.478 e. The number of hydrogen-bond acceptors (Lipinski definition) is 3. The van der Waals surface area contributed by atoms with Crippen LogP contribution in [0, 0.1) is 0 Å². The van der Waals surface area contributed by atoms with Gasteiger partial charge in [0.2, 0.25) is 0 Å². The lowest BCUT2D eigenvalue weighted by Crippen LogP contribution is -2.07. The van der Waals surface area contributed by atoms with E-state index >= 15 is 0 Å². The largest absolute Gasteiger partial charge is 0.478 e. The molecule has 1 aliphatic rings. The van der Waals surface area contributed by atoms with Crippen molar-refractivity contribution >= 4 is 11.8 Å². The molecule has 0 aromatic rings. The van der Waals surface area contributed by atoms with Gasteiger partial charge in [-0.25, -0.2) is 4.79 Å². The van der Waals surface area contributed by atoms with Crippen LogP contribution in [-0.2, 0) is 9.59 Å². The summed E-state index contributed by atoms with van der Waals surface area (Å²) >= 11 is 0. The maximum absolute atomic E-state index is 10.6. The second kappa shape index (κ2) is 2.22. The Bertz CT molecular complexity index is 216. The van der Waals surface area contributed by atoms with Crippen molar-refractivity contribution in [3.05, 3.63) is 11.6 Å². The van der Waals surface area contributed by atoms with Crippen LogP contribution in [0.15, 0.2) is 11.6 Å². The molecule has 0 aromatic carbocycles. The van der Waals surface area contributed by atoms with Gasteiger partial charge in [-0.3, -0.25) is 4.79 Å². The molecule has 4 nitrogen and oxygen atoms in total. The smallest absolute Gasteiger partial charge is 0.339 e. The van der Waals surface area contributed by atoms with Crippen LogP contribution in [0.5, 0.6) is 0 Å². The number of aliphatic hydroxyl groups is 1. The lowest BCUT2D eigenvalue weighted by Gasteiger charge is -1.89. The van der Waals surface area contributed by atoms with Crippen molar-refractivity contribution in [1.82, 2.24) is 0 Å². The summed E-state index contributed by atoms with van der Waals surface area (Å²) in [4.78, 5) is 20.8. The first kappa shape index (κ1) is 6.95. The Morgan fingerprint density at radius 2 is 2.30 bits per heavy atom. The molecule has 0 saturated heterocycles. The Morgan fingerprint density at radius 1 is 1.70 bits per heavy atom. The van der Waals surface area contributed by atoms with Gasteiger partial charge in [0.15, 0.2) is 5.78 Å². The molecule has 0 amide bonds. The number of carboxylic acids is 1. The molecule has 2 N–H and O–H groups in total. The molecule has 54 valence electrons. The fourth-order valence-electron chi connectivity index (χ4n) is 0.835. The summed E-state index contributed by atoms with van der Waals surface area (Å²) < 4.78 is 0. The lowest BCUT2D eigenvalue weighted by atomic mass is 10.2. The monoisotopic (exact) mass is 142 g/mol. The first-order chi connectivity index (χ1) is 4.61. The number of carboxylic acid groups (broad SMARTS) is 1. The fraction of sp³-hybridized carbons (Fsp3) is 0.333. The summed E-state index contributed by atoms with van der Waals surface area (Å²) in [5.41, 5.74) is -0.299. The molecule has 0 aromatic heterocycles. The lowest BCUT2D eigenvalue weighted by molar-refractivity contribution is -0.134. The second-order valence-electron chi connectivity index (χ2n) is 2.08. The first-order valence-corrected chi connectivity index (χ1v) is 2.77. The van der Waals surface area contributed by atoms with Crippen molar-refractivity contribution in [3.63, 3.8) is 0 Å². The summed E-state index contributed by atoms with van der Waals surface area (Å²) in [5.74, 6) is -1.76. The third kappa shape index (κ3) is 1.06. The topological polar surface area (TPSA) is 74.6 Å². The van der Waals surface area contributed by atoms with E-state index in [2.05, 4.69) is 0 Å². The van der Waals surface area contributed by atoms with E-state index in [1.807, 2.05) is 0 Å². The molecule has 1 rings (SSSR count). The van der Waals surface area contributed by atoms with Crippen molar-refractivity contribution in [1.29, 1.82) is 0 Å². The Hall–Kier alpha value is -1.16. The minimum atomic E-state index is -1.26. The third-order valence-corrected chi connectivity index (χ3v) is 1.28. The zero-order chi connectivity index (χ0) is 7.72. The molecule has 0 bridgehead atoms. The van der Waals surface area contributed by atoms with Crippen LogP contribution < -0.4 is 0 Å². The first-order valence-electron chi connectivity index (χ1n) is 2.77. The van der Waals surface area contributed by atoms with Crippen molar-refractivity contribution < 1.29 is 19.8 Å². The fourth-order valence-corrected chi connectivity index (χ4v) is 0.835. The molecular weight excluding hydrogens is 136 g/mol. The molecule has 1 aliphatic carbocycles. The van der Waals surface area contributed by atoms with Gasteiger partial charge < -0.3 is 10.2 Å². The Kier molecular flexibility index (Phi) is 1.55. The van der Waals surface area contributed by atoms with Crippen LogP contribution in [0.3, 0.4) is 0 Å². The summed E-state index contributed by atoms with van der Waals surface area (Å²) in [6.07, 6.45) is 0.0605. The molecule has 0 radical (unpaired) electrons. The maximum atomic E-state index is 10.6. The van der Waals surface area contributed by atoms with Gasteiger partial charge in [-0.15, -0.1) is 0 Å². The van der Waals surface area contributed by atoms with Crippen LogP contribution in [-0.4, -0.2) is 28.1 Å². The molecule has 0 spiro atoms. The quantitative estimate of drug-likeness (QED) is 0.476. The Labute approximate surface area is 56.8 Å². The van der Waals surface area contributed by atoms with E-state index < -0.39 is 17.9 Å². The Morgan fingerprint density at radius 3 is 2.50 bits per heavy atom. The van der Waals surface area contributed by atoms with E-state index in [1.165, 1.54) is 0 Å². The number of ketones is 1. The van der Waals surface area contributed by atoms with Gasteiger partial charge in [-0.05, 0) is 6.08 Å². The van der Waals surface area contributed by atoms with Crippen LogP contribution in [0.4, 0.5) is 0 Å². The highest BCUT2D eigenvalue weighted by molar-refractivity contribution is 6.18. The highest BCUT2D eigenvalue weighted by Gasteiger charge is 2.26. The van der Waals surface area contributed by atoms with Crippen molar-refractivity contribution in [2.24, 2.45) is 0 Å². The average Bonchev–Trinajstić information content (AvgIpc) is 2.10. The van der Waals surface area contributed by atoms with E-state index in [1.54, 1.807) is 0 Å². The molecular formula is C6H6O4. The summed E-state index contributed by atoms with van der Waals surface area (Å²) in [6, 6.07) is 0. The van der Waals surface area contributed by atoms with E-state index in [0.29, 0.717) is 0 Å². The minimum absolute atomic E-state index is 0.0956. The highest BCUT2D eigenvalue weighted by atomic mass is 16.4. The van der Waals surface area contributed by atoms with Gasteiger partial charge in [0.25, 0.3) is 0 Å². The molecule has 10 heavy (non-hydrogen) atoms. The number of rotatable bonds is 1. The maximum Gasteiger partial charge on any atom is 0.339 e. The zero-order valence-corrected chi connectivity index (χ0v) is 5.07. The van der Waals surface area contributed by atoms with E-state index in [9.17, 15) is 9.59 Å². The number of aliphatic hydroxyl groups excluding tert-OH is 1. The average molecular weight is 142 g/mol. The predicted octanol–water partition coefficient (Wildman–Crippen LogP) is -0.669. The third-order valence-electron chi connectivity index (χ3n) is 1.28.